The Morgan fingerprint density at radius 3 is 0.481 bits per heavy atom. The molecule has 0 rings (SSSR count). The van der Waals surface area contributed by atoms with Gasteiger partial charge in [-0.05, 0) is 30.2 Å². The van der Waals surface area contributed by atoms with E-state index in [-0.39, 0.29) is 0 Å². The van der Waals surface area contributed by atoms with Gasteiger partial charge in [-0.3, -0.25) is 0 Å². The summed E-state index contributed by atoms with van der Waals surface area (Å²) in [6.45, 7) is 46.3. The maximum atomic E-state index is 2.57. The average Bonchev–Trinajstić information content (AvgIpc) is 2.16. The van der Waals surface area contributed by atoms with Crippen molar-refractivity contribution in [2.45, 2.75) is 161 Å². The van der Waals surface area contributed by atoms with Gasteiger partial charge in [0.15, 0.2) is 0 Å². The average molecular weight is 413 g/mol. The predicted molar refractivity (Wildman–Crippen MR) is 135 cm³/mol. The zero-order chi connectivity index (χ0) is 22.7. The van der Waals surface area contributed by atoms with E-state index < -0.39 is 16.1 Å². The summed E-state index contributed by atoms with van der Waals surface area (Å²) in [4.78, 5) is 0. The molecule has 0 aromatic heterocycles. The van der Waals surface area contributed by atoms with Crippen LogP contribution in [0.15, 0.2) is 0 Å². The molecule has 0 N–H and O–H groups in total. The van der Waals surface area contributed by atoms with E-state index in [1.807, 2.05) is 0 Å². The highest BCUT2D eigenvalue weighted by Crippen LogP contribution is 2.72. The molecule has 0 atom stereocenters. The van der Waals surface area contributed by atoms with E-state index in [0.717, 1.165) is 0 Å². The molecule has 0 nitrogen and oxygen atoms in total. The van der Waals surface area contributed by atoms with E-state index in [1.54, 1.807) is 0 Å². The molecule has 0 aromatic rings. The summed E-state index contributed by atoms with van der Waals surface area (Å²) in [5.41, 5.74) is 1.51. The molecule has 0 radical (unpaired) electrons. The Hall–Kier alpha value is 0.434. The zero-order valence-electron chi connectivity index (χ0n) is 22.7. The Morgan fingerprint density at radius 2 is 0.407 bits per heavy atom. The Labute approximate surface area is 176 Å². The van der Waals surface area contributed by atoms with Gasteiger partial charge in [-0.2, -0.15) is 0 Å². The molecule has 0 aromatic carbocycles. The van der Waals surface area contributed by atoms with E-state index in [9.17, 15) is 0 Å². The van der Waals surface area contributed by atoms with Gasteiger partial charge >= 0.3 is 0 Å². The van der Waals surface area contributed by atoms with Crippen LogP contribution < -0.4 is 0 Å². The summed E-state index contributed by atoms with van der Waals surface area (Å²) in [7, 11) is -3.61. The number of hydrogen-bond donors (Lipinski definition) is 0. The van der Waals surface area contributed by atoms with Crippen molar-refractivity contribution in [3.05, 3.63) is 0 Å². The fourth-order valence-corrected chi connectivity index (χ4v) is 38.1. The summed E-state index contributed by atoms with van der Waals surface area (Å²) in [6.07, 6.45) is 0. The van der Waals surface area contributed by atoms with E-state index in [4.69, 9.17) is 0 Å². The van der Waals surface area contributed by atoms with Crippen molar-refractivity contribution in [3.8, 4) is 0 Å². The van der Waals surface area contributed by atoms with E-state index in [0.29, 0.717) is 30.2 Å². The molecular formula is C25H56Si2. The largest absolute Gasteiger partial charge is 0.0672 e. The van der Waals surface area contributed by atoms with Crippen molar-refractivity contribution in [3.63, 3.8) is 0 Å². The molecule has 2 heteroatoms. The van der Waals surface area contributed by atoms with Crippen LogP contribution in [0.4, 0.5) is 0 Å². The van der Waals surface area contributed by atoms with Crippen LogP contribution in [0.3, 0.4) is 0 Å². The third kappa shape index (κ3) is 4.32. The smallest absolute Gasteiger partial charge is 0.0625 e. The fraction of sp³-hybridized carbons (Fsp3) is 1.00. The van der Waals surface area contributed by atoms with Crippen LogP contribution in [0, 0.1) is 0 Å². The lowest BCUT2D eigenvalue weighted by atomic mass is 10.2. The molecular weight excluding hydrogens is 356 g/mol. The highest BCUT2D eigenvalue weighted by atomic mass is 28.4. The summed E-state index contributed by atoms with van der Waals surface area (Å²) in [5, 5.41) is 2.19. The van der Waals surface area contributed by atoms with Crippen LogP contribution >= 0.6 is 0 Å². The first-order chi connectivity index (χ1) is 11.2. The van der Waals surface area contributed by atoms with Crippen molar-refractivity contribution in [2.75, 3.05) is 0 Å². The maximum Gasteiger partial charge on any atom is 0.0672 e. The standard InChI is InChI=1S/C25H56Si2/c1-20(2,3)26(21(4,5)6,22(7,8)9)19-27(23(10,11)12,24(13,14)15)25(16,17)18/h19H2,1-18H3. The van der Waals surface area contributed by atoms with Crippen LogP contribution in [0.5, 0.6) is 0 Å². The Bertz CT molecular complexity index is 379. The second-order valence-corrected chi connectivity index (χ2v) is 29.5. The molecule has 0 saturated heterocycles. The van der Waals surface area contributed by atoms with Gasteiger partial charge in [0.05, 0.1) is 16.1 Å². The van der Waals surface area contributed by atoms with Crippen molar-refractivity contribution in [2.24, 2.45) is 0 Å². The quantitative estimate of drug-likeness (QED) is 0.395. The lowest BCUT2D eigenvalue weighted by Crippen LogP contribution is -2.69. The third-order valence-electron chi connectivity index (χ3n) is 8.21. The second-order valence-electron chi connectivity index (χ2n) is 15.5. The molecule has 164 valence electrons. The molecule has 0 heterocycles. The van der Waals surface area contributed by atoms with Gasteiger partial charge < -0.3 is 0 Å². The normalized spacial score (nSPS) is 16.7. The van der Waals surface area contributed by atoms with Gasteiger partial charge in [-0.25, -0.2) is 0 Å². The molecule has 0 aliphatic carbocycles. The molecule has 0 amide bonds. The fourth-order valence-electron chi connectivity index (χ4n) is 8.74. The van der Waals surface area contributed by atoms with Crippen molar-refractivity contribution in [1.29, 1.82) is 0 Å². The summed E-state index contributed by atoms with van der Waals surface area (Å²) in [5.74, 6) is 0. The minimum absolute atomic E-state index is 0.365. The highest BCUT2D eigenvalue weighted by Gasteiger charge is 2.68. The molecule has 0 saturated carbocycles. The first-order valence-corrected chi connectivity index (χ1v) is 15.6. The minimum atomic E-state index is -1.80. The summed E-state index contributed by atoms with van der Waals surface area (Å²) >= 11 is 0. The molecule has 0 spiro atoms. The molecule has 0 aliphatic rings. The SMILES string of the molecule is CC(C)(C)[Si](C[Si](C(C)(C)C)(C(C)(C)C)C(C)(C)C)(C(C)(C)C)C(C)(C)C. The molecule has 0 fully saturated rings. The lowest BCUT2D eigenvalue weighted by molar-refractivity contribution is 0.505. The monoisotopic (exact) mass is 412 g/mol. The van der Waals surface area contributed by atoms with E-state index in [1.165, 1.54) is 5.67 Å². The van der Waals surface area contributed by atoms with Gasteiger partial charge in [0.25, 0.3) is 0 Å². The second kappa shape index (κ2) is 7.00. The van der Waals surface area contributed by atoms with E-state index >= 15 is 0 Å². The first kappa shape index (κ1) is 27.4. The van der Waals surface area contributed by atoms with Crippen LogP contribution in [0.2, 0.25) is 35.9 Å². The van der Waals surface area contributed by atoms with Crippen LogP contribution in [0.1, 0.15) is 125 Å². The molecule has 0 aliphatic heterocycles. The molecule has 0 unspecified atom stereocenters. The van der Waals surface area contributed by atoms with Crippen molar-refractivity contribution < 1.29 is 0 Å². The number of hydrogen-bond acceptors (Lipinski definition) is 0. The van der Waals surface area contributed by atoms with Gasteiger partial charge in [-0.1, -0.05) is 130 Å². The lowest BCUT2D eigenvalue weighted by Gasteiger charge is -2.69. The Balaban J connectivity index is 7.45. The summed E-state index contributed by atoms with van der Waals surface area (Å²) in [6, 6.07) is 0. The van der Waals surface area contributed by atoms with Crippen LogP contribution in [-0.4, -0.2) is 16.1 Å². The van der Waals surface area contributed by atoms with Gasteiger partial charge in [0, 0.05) is 0 Å². The zero-order valence-corrected chi connectivity index (χ0v) is 24.7. The Kier molecular flexibility index (Phi) is 7.11. The first-order valence-electron chi connectivity index (χ1n) is 11.2. The van der Waals surface area contributed by atoms with Gasteiger partial charge in [0.1, 0.15) is 0 Å². The topological polar surface area (TPSA) is 0 Å². The van der Waals surface area contributed by atoms with Crippen LogP contribution in [0.25, 0.3) is 0 Å². The van der Waals surface area contributed by atoms with Crippen LogP contribution in [-0.2, 0) is 0 Å². The third-order valence-corrected chi connectivity index (χ3v) is 27.8. The van der Waals surface area contributed by atoms with Gasteiger partial charge in [-0.15, -0.1) is 0 Å². The predicted octanol–water partition coefficient (Wildman–Crippen LogP) is 10.2. The maximum absolute atomic E-state index is 2.57. The highest BCUT2D eigenvalue weighted by molar-refractivity contribution is 7.04. The van der Waals surface area contributed by atoms with Gasteiger partial charge in [0.2, 0.25) is 0 Å². The summed E-state index contributed by atoms with van der Waals surface area (Å²) < 4.78 is 0. The van der Waals surface area contributed by atoms with Crippen molar-refractivity contribution in [1.82, 2.24) is 0 Å². The van der Waals surface area contributed by atoms with E-state index in [2.05, 4.69) is 125 Å². The Morgan fingerprint density at radius 1 is 0.296 bits per heavy atom. The molecule has 0 bridgehead atoms. The molecule has 27 heavy (non-hydrogen) atoms. The van der Waals surface area contributed by atoms with Crippen molar-refractivity contribution >= 4 is 16.1 Å². The minimum Gasteiger partial charge on any atom is -0.0625 e. The number of rotatable bonds is 2.